The molecule has 0 amide bonds. The summed E-state index contributed by atoms with van der Waals surface area (Å²) in [7, 11) is 0. The number of anilines is 1. The van der Waals surface area contributed by atoms with Gasteiger partial charge < -0.3 is 19.5 Å². The summed E-state index contributed by atoms with van der Waals surface area (Å²) < 4.78 is 19.3. The van der Waals surface area contributed by atoms with Crippen LogP contribution in [0.1, 0.15) is 26.3 Å². The van der Waals surface area contributed by atoms with E-state index in [4.69, 9.17) is 19.2 Å². The fraction of sp³-hybridized carbons (Fsp3) is 0.240. The lowest BCUT2D eigenvalue weighted by molar-refractivity contribution is 0.174. The number of rotatable bonds is 5. The van der Waals surface area contributed by atoms with Gasteiger partial charge in [-0.25, -0.2) is 4.98 Å². The molecular weight excluding hydrogens is 390 g/mol. The Morgan fingerprint density at radius 1 is 1.00 bits per heavy atom. The Hall–Kier alpha value is -3.67. The maximum atomic E-state index is 6.16. The van der Waals surface area contributed by atoms with Crippen LogP contribution in [0.2, 0.25) is 0 Å². The number of imidazole rings is 1. The summed E-state index contributed by atoms with van der Waals surface area (Å²) in [6.45, 7) is 7.12. The standard InChI is InChI=1S/C25H25N3O3/c1-25(2,3)27-24-22(18-11-12-19-21(14-18)31-16-30-19)26-23-20(10-7-13-28(23)24)29-15-17-8-5-4-6-9-17/h4-14,27H,15-16H2,1-3H3. The molecule has 0 unspecified atom stereocenters. The molecule has 0 fully saturated rings. The van der Waals surface area contributed by atoms with Crippen LogP contribution in [-0.2, 0) is 6.61 Å². The van der Waals surface area contributed by atoms with Crippen molar-refractivity contribution in [2.75, 3.05) is 12.1 Å². The normalized spacial score (nSPS) is 12.9. The molecular formula is C25H25N3O3. The second kappa shape index (κ2) is 7.54. The Kier molecular flexibility index (Phi) is 4.70. The fourth-order valence-corrected chi connectivity index (χ4v) is 3.61. The molecule has 0 saturated carbocycles. The maximum absolute atomic E-state index is 6.16. The Labute approximate surface area is 181 Å². The van der Waals surface area contributed by atoms with Crippen molar-refractivity contribution in [3.8, 4) is 28.5 Å². The molecule has 2 aromatic heterocycles. The van der Waals surface area contributed by atoms with Gasteiger partial charge in [-0.05, 0) is 56.7 Å². The topological polar surface area (TPSA) is 57.0 Å². The number of aromatic nitrogens is 2. The lowest BCUT2D eigenvalue weighted by atomic mass is 10.1. The highest BCUT2D eigenvalue weighted by Crippen LogP contribution is 2.39. The van der Waals surface area contributed by atoms with Crippen molar-refractivity contribution in [3.63, 3.8) is 0 Å². The number of ether oxygens (including phenoxy) is 3. The van der Waals surface area contributed by atoms with E-state index in [1.807, 2.05) is 59.1 Å². The zero-order valence-corrected chi connectivity index (χ0v) is 17.9. The first-order chi connectivity index (χ1) is 15.0. The monoisotopic (exact) mass is 415 g/mol. The van der Waals surface area contributed by atoms with Crippen molar-refractivity contribution in [1.29, 1.82) is 0 Å². The van der Waals surface area contributed by atoms with E-state index in [-0.39, 0.29) is 12.3 Å². The van der Waals surface area contributed by atoms with Gasteiger partial charge in [0, 0.05) is 17.3 Å². The Morgan fingerprint density at radius 2 is 1.81 bits per heavy atom. The van der Waals surface area contributed by atoms with Crippen molar-refractivity contribution in [3.05, 3.63) is 72.4 Å². The van der Waals surface area contributed by atoms with E-state index in [0.29, 0.717) is 6.61 Å². The molecule has 0 radical (unpaired) electrons. The van der Waals surface area contributed by atoms with Crippen LogP contribution in [0.15, 0.2) is 66.9 Å². The van der Waals surface area contributed by atoms with Gasteiger partial charge in [-0.1, -0.05) is 30.3 Å². The highest BCUT2D eigenvalue weighted by Gasteiger charge is 2.23. The summed E-state index contributed by atoms with van der Waals surface area (Å²) >= 11 is 0. The molecule has 0 aliphatic carbocycles. The molecule has 158 valence electrons. The molecule has 6 nitrogen and oxygen atoms in total. The third-order valence-corrected chi connectivity index (χ3v) is 4.99. The number of benzene rings is 2. The molecule has 3 heterocycles. The van der Waals surface area contributed by atoms with Crippen LogP contribution in [0.5, 0.6) is 17.2 Å². The lowest BCUT2D eigenvalue weighted by Gasteiger charge is -2.22. The van der Waals surface area contributed by atoms with E-state index in [9.17, 15) is 0 Å². The van der Waals surface area contributed by atoms with E-state index in [0.717, 1.165) is 45.5 Å². The van der Waals surface area contributed by atoms with Gasteiger partial charge in [0.2, 0.25) is 6.79 Å². The highest BCUT2D eigenvalue weighted by atomic mass is 16.7. The average Bonchev–Trinajstić information content (AvgIpc) is 3.36. The van der Waals surface area contributed by atoms with Crippen molar-refractivity contribution >= 4 is 11.5 Å². The number of pyridine rings is 1. The zero-order chi connectivity index (χ0) is 21.4. The molecule has 1 N–H and O–H groups in total. The Morgan fingerprint density at radius 3 is 2.61 bits per heavy atom. The van der Waals surface area contributed by atoms with Crippen molar-refractivity contribution < 1.29 is 14.2 Å². The Bertz CT molecular complexity index is 1230. The van der Waals surface area contributed by atoms with Gasteiger partial charge >= 0.3 is 0 Å². The SMILES string of the molecule is CC(C)(C)Nc1c(-c2ccc3c(c2)OCO3)nc2c(OCc3ccccc3)cccn12. The largest absolute Gasteiger partial charge is 0.485 e. The molecule has 5 rings (SSSR count). The van der Waals surface area contributed by atoms with Crippen molar-refractivity contribution in [1.82, 2.24) is 9.38 Å². The minimum Gasteiger partial charge on any atom is -0.485 e. The van der Waals surface area contributed by atoms with E-state index < -0.39 is 0 Å². The molecule has 0 bridgehead atoms. The van der Waals surface area contributed by atoms with E-state index in [1.54, 1.807) is 0 Å². The van der Waals surface area contributed by atoms with Crippen LogP contribution in [0, 0.1) is 0 Å². The molecule has 2 aromatic carbocycles. The molecule has 31 heavy (non-hydrogen) atoms. The van der Waals surface area contributed by atoms with Crippen molar-refractivity contribution in [2.24, 2.45) is 0 Å². The lowest BCUT2D eigenvalue weighted by Crippen LogP contribution is -2.27. The minimum atomic E-state index is -0.151. The molecule has 4 aromatic rings. The van der Waals surface area contributed by atoms with Gasteiger partial charge in [0.25, 0.3) is 0 Å². The molecule has 0 atom stereocenters. The fourth-order valence-electron chi connectivity index (χ4n) is 3.61. The molecule has 1 aliphatic heterocycles. The summed E-state index contributed by atoms with van der Waals surface area (Å²) in [5.41, 5.74) is 3.51. The third kappa shape index (κ3) is 3.89. The van der Waals surface area contributed by atoms with E-state index in [2.05, 4.69) is 38.2 Å². The first-order valence-corrected chi connectivity index (χ1v) is 10.3. The molecule has 6 heteroatoms. The first-order valence-electron chi connectivity index (χ1n) is 10.3. The van der Waals surface area contributed by atoms with Gasteiger partial charge in [0.1, 0.15) is 18.1 Å². The Balaban J connectivity index is 1.59. The van der Waals surface area contributed by atoms with Gasteiger partial charge in [-0.3, -0.25) is 4.40 Å². The summed E-state index contributed by atoms with van der Waals surface area (Å²) in [5, 5.41) is 3.61. The summed E-state index contributed by atoms with van der Waals surface area (Å²) in [5.74, 6) is 3.13. The smallest absolute Gasteiger partial charge is 0.231 e. The highest BCUT2D eigenvalue weighted by molar-refractivity contribution is 5.80. The summed E-state index contributed by atoms with van der Waals surface area (Å²) in [4.78, 5) is 4.98. The molecule has 1 aliphatic rings. The van der Waals surface area contributed by atoms with Gasteiger partial charge in [-0.15, -0.1) is 0 Å². The van der Waals surface area contributed by atoms with Gasteiger partial charge in [0.05, 0.1) is 0 Å². The zero-order valence-electron chi connectivity index (χ0n) is 17.9. The quantitative estimate of drug-likeness (QED) is 0.465. The second-order valence-electron chi connectivity index (χ2n) is 8.59. The number of fused-ring (bicyclic) bond motifs is 2. The van der Waals surface area contributed by atoms with Gasteiger partial charge in [-0.2, -0.15) is 0 Å². The number of nitrogens with zero attached hydrogens (tertiary/aromatic N) is 2. The average molecular weight is 415 g/mol. The first kappa shape index (κ1) is 19.3. The van der Waals surface area contributed by atoms with Gasteiger partial charge in [0.15, 0.2) is 22.9 Å². The van der Waals surface area contributed by atoms with Crippen LogP contribution in [0.25, 0.3) is 16.9 Å². The van der Waals surface area contributed by atoms with Crippen LogP contribution >= 0.6 is 0 Å². The van der Waals surface area contributed by atoms with Crippen molar-refractivity contribution in [2.45, 2.75) is 32.9 Å². The minimum absolute atomic E-state index is 0.151. The molecule has 0 saturated heterocycles. The van der Waals surface area contributed by atoms with E-state index >= 15 is 0 Å². The van der Waals surface area contributed by atoms with Crippen LogP contribution in [0.4, 0.5) is 5.82 Å². The number of hydrogen-bond acceptors (Lipinski definition) is 5. The number of nitrogens with one attached hydrogen (secondary N) is 1. The summed E-state index contributed by atoms with van der Waals surface area (Å²) in [6, 6.07) is 20.0. The summed E-state index contributed by atoms with van der Waals surface area (Å²) in [6.07, 6.45) is 2.00. The maximum Gasteiger partial charge on any atom is 0.231 e. The predicted molar refractivity (Wildman–Crippen MR) is 121 cm³/mol. The predicted octanol–water partition coefficient (Wildman–Crippen LogP) is 5.52. The number of hydrogen-bond donors (Lipinski definition) is 1. The van der Waals surface area contributed by atoms with Crippen LogP contribution in [-0.4, -0.2) is 21.7 Å². The van der Waals surface area contributed by atoms with E-state index in [1.165, 1.54) is 0 Å². The van der Waals surface area contributed by atoms with Crippen LogP contribution < -0.4 is 19.5 Å². The van der Waals surface area contributed by atoms with Crippen LogP contribution in [0.3, 0.4) is 0 Å². The second-order valence-corrected chi connectivity index (χ2v) is 8.59. The third-order valence-electron chi connectivity index (χ3n) is 4.99. The molecule has 0 spiro atoms.